The molecule has 1 aliphatic heterocycles. The zero-order valence-electron chi connectivity index (χ0n) is 7.49. The molecule has 12 heavy (non-hydrogen) atoms. The second-order valence-corrected chi connectivity index (χ2v) is 3.25. The van der Waals surface area contributed by atoms with Gasteiger partial charge >= 0.3 is 5.97 Å². The van der Waals surface area contributed by atoms with Gasteiger partial charge < -0.3 is 14.7 Å². The van der Waals surface area contributed by atoms with Gasteiger partial charge in [-0.1, -0.05) is 0 Å². The van der Waals surface area contributed by atoms with Gasteiger partial charge in [0.15, 0.2) is 0 Å². The number of esters is 1. The van der Waals surface area contributed by atoms with Gasteiger partial charge in [0.1, 0.15) is 0 Å². The summed E-state index contributed by atoms with van der Waals surface area (Å²) in [5, 5.41) is 9.50. The average molecular weight is 173 g/mol. The third-order valence-electron chi connectivity index (χ3n) is 2.29. The smallest absolute Gasteiger partial charge is 0.311 e. The topological polar surface area (TPSA) is 49.8 Å². The summed E-state index contributed by atoms with van der Waals surface area (Å²) in [4.78, 5) is 13.1. The van der Waals surface area contributed by atoms with Crippen molar-refractivity contribution in [1.29, 1.82) is 0 Å². The number of hydrogen-bond donors (Lipinski definition) is 1. The fraction of sp³-hybridized carbons (Fsp3) is 0.875. The Labute approximate surface area is 72.1 Å². The van der Waals surface area contributed by atoms with Crippen LogP contribution in [0.2, 0.25) is 0 Å². The van der Waals surface area contributed by atoms with E-state index in [0.29, 0.717) is 13.0 Å². The lowest BCUT2D eigenvalue weighted by molar-refractivity contribution is -0.152. The van der Waals surface area contributed by atoms with Crippen LogP contribution in [0.3, 0.4) is 0 Å². The van der Waals surface area contributed by atoms with Crippen molar-refractivity contribution in [2.24, 2.45) is 5.92 Å². The molecule has 70 valence electrons. The number of ether oxygens (including phenoxy) is 1. The van der Waals surface area contributed by atoms with E-state index in [1.807, 2.05) is 11.9 Å². The Hall–Kier alpha value is -0.610. The molecule has 1 heterocycles. The van der Waals surface area contributed by atoms with Gasteiger partial charge in [-0.15, -0.1) is 0 Å². The molecule has 1 fully saturated rings. The maximum absolute atomic E-state index is 11.1. The van der Waals surface area contributed by atoms with Crippen molar-refractivity contribution in [2.45, 2.75) is 12.5 Å². The molecular weight excluding hydrogens is 158 g/mol. The van der Waals surface area contributed by atoms with Crippen molar-refractivity contribution >= 4 is 5.97 Å². The number of aliphatic hydroxyl groups excluding tert-OH is 1. The molecule has 0 radical (unpaired) electrons. The molecule has 1 rings (SSSR count). The summed E-state index contributed by atoms with van der Waals surface area (Å²) in [5.74, 6) is -0.623. The van der Waals surface area contributed by atoms with Crippen molar-refractivity contribution in [2.75, 3.05) is 27.2 Å². The second-order valence-electron chi connectivity index (χ2n) is 3.25. The first kappa shape index (κ1) is 9.48. The summed E-state index contributed by atoms with van der Waals surface area (Å²) >= 11 is 0. The Balaban J connectivity index is 2.50. The molecule has 0 aliphatic carbocycles. The molecule has 0 spiro atoms. The van der Waals surface area contributed by atoms with E-state index in [4.69, 9.17) is 0 Å². The first-order chi connectivity index (χ1) is 5.65. The number of carbonyl (C=O) groups is 1. The summed E-state index contributed by atoms with van der Waals surface area (Å²) in [6.07, 6.45) is 0.112. The van der Waals surface area contributed by atoms with Gasteiger partial charge in [0, 0.05) is 6.54 Å². The number of nitrogens with zero attached hydrogens (tertiary/aromatic N) is 1. The van der Waals surface area contributed by atoms with Crippen LogP contribution < -0.4 is 0 Å². The molecule has 0 saturated carbocycles. The third-order valence-corrected chi connectivity index (χ3v) is 2.29. The zero-order chi connectivity index (χ0) is 9.14. The number of aliphatic hydroxyl groups is 1. The second kappa shape index (κ2) is 3.87. The van der Waals surface area contributed by atoms with Gasteiger partial charge in [-0.2, -0.15) is 0 Å². The minimum absolute atomic E-state index is 0.296. The van der Waals surface area contributed by atoms with Gasteiger partial charge in [-0.25, -0.2) is 0 Å². The molecule has 0 aromatic heterocycles. The van der Waals surface area contributed by atoms with Crippen molar-refractivity contribution in [3.05, 3.63) is 0 Å². The highest BCUT2D eigenvalue weighted by Gasteiger charge is 2.32. The van der Waals surface area contributed by atoms with E-state index in [1.165, 1.54) is 7.11 Å². The number of rotatable bonds is 1. The van der Waals surface area contributed by atoms with Crippen LogP contribution >= 0.6 is 0 Å². The lowest BCUT2D eigenvalue weighted by Gasteiger charge is -2.31. The molecule has 4 nitrogen and oxygen atoms in total. The first-order valence-corrected chi connectivity index (χ1v) is 4.09. The predicted octanol–water partition coefficient (Wildman–Crippen LogP) is -0.528. The molecule has 0 aromatic rings. The van der Waals surface area contributed by atoms with Crippen molar-refractivity contribution < 1.29 is 14.6 Å². The van der Waals surface area contributed by atoms with E-state index >= 15 is 0 Å². The fourth-order valence-electron chi connectivity index (χ4n) is 1.52. The third kappa shape index (κ3) is 1.95. The Kier molecular flexibility index (Phi) is 3.05. The number of carbonyl (C=O) groups excluding carboxylic acids is 1. The number of likely N-dealkylation sites (tertiary alicyclic amines) is 1. The maximum atomic E-state index is 11.1. The van der Waals surface area contributed by atoms with Gasteiger partial charge in [-0.3, -0.25) is 4.79 Å². The van der Waals surface area contributed by atoms with Crippen LogP contribution in [0.15, 0.2) is 0 Å². The minimum Gasteiger partial charge on any atom is -0.469 e. The van der Waals surface area contributed by atoms with Crippen LogP contribution in [-0.2, 0) is 9.53 Å². The molecule has 0 bridgehead atoms. The van der Waals surface area contributed by atoms with E-state index < -0.39 is 6.10 Å². The maximum Gasteiger partial charge on any atom is 0.311 e. The summed E-state index contributed by atoms with van der Waals surface area (Å²) < 4.78 is 4.58. The number of hydrogen-bond acceptors (Lipinski definition) is 4. The van der Waals surface area contributed by atoms with Gasteiger partial charge in [0.2, 0.25) is 0 Å². The minimum atomic E-state index is -0.573. The number of methoxy groups -OCH3 is 1. The van der Waals surface area contributed by atoms with Crippen LogP contribution in [0.4, 0.5) is 0 Å². The zero-order valence-corrected chi connectivity index (χ0v) is 7.49. The largest absolute Gasteiger partial charge is 0.469 e. The highest BCUT2D eigenvalue weighted by molar-refractivity contribution is 5.73. The number of piperidine rings is 1. The van der Waals surface area contributed by atoms with Gasteiger partial charge in [0.05, 0.1) is 19.1 Å². The quantitative estimate of drug-likeness (QED) is 0.542. The normalized spacial score (nSPS) is 31.6. The van der Waals surface area contributed by atoms with Gasteiger partial charge in [-0.05, 0) is 20.0 Å². The molecule has 2 atom stereocenters. The molecule has 0 amide bonds. The number of likely N-dealkylation sites (N-methyl/N-ethyl adjacent to an activating group) is 1. The molecule has 4 heteroatoms. The van der Waals surface area contributed by atoms with Crippen LogP contribution in [0.25, 0.3) is 0 Å². The molecule has 1 saturated heterocycles. The highest BCUT2D eigenvalue weighted by Crippen LogP contribution is 2.17. The lowest BCUT2D eigenvalue weighted by Crippen LogP contribution is -2.45. The SMILES string of the molecule is COC(=O)[C@H]1CCN(C)C[C@@H]1O. The molecule has 1 N–H and O–H groups in total. The summed E-state index contributed by atoms with van der Waals surface area (Å²) in [7, 11) is 3.28. The van der Waals surface area contributed by atoms with Gasteiger partial charge in [0.25, 0.3) is 0 Å². The van der Waals surface area contributed by atoms with Crippen molar-refractivity contribution in [1.82, 2.24) is 4.90 Å². The monoisotopic (exact) mass is 173 g/mol. The summed E-state index contributed by atoms with van der Waals surface area (Å²) in [5.41, 5.74) is 0. The van der Waals surface area contributed by atoms with Crippen LogP contribution in [-0.4, -0.2) is 49.3 Å². The lowest BCUT2D eigenvalue weighted by atomic mass is 9.94. The first-order valence-electron chi connectivity index (χ1n) is 4.09. The Morgan fingerprint density at radius 2 is 2.33 bits per heavy atom. The molecule has 1 aliphatic rings. The Morgan fingerprint density at radius 3 is 2.83 bits per heavy atom. The van der Waals surface area contributed by atoms with Crippen LogP contribution in [0, 0.1) is 5.92 Å². The standard InChI is InChI=1S/C8H15NO3/c1-9-4-3-6(7(10)5-9)8(11)12-2/h6-7,10H,3-5H2,1-2H3/t6-,7-/m0/s1. The molecule has 0 aromatic carbocycles. The van der Waals surface area contributed by atoms with E-state index in [0.717, 1.165) is 6.54 Å². The van der Waals surface area contributed by atoms with Crippen molar-refractivity contribution in [3.63, 3.8) is 0 Å². The molecular formula is C8H15NO3. The number of β-amino-alcohol motifs (C(OH)–C–C–N with tert-alkyl or cyclic N) is 1. The van der Waals surface area contributed by atoms with E-state index in [1.54, 1.807) is 0 Å². The average Bonchev–Trinajstić information content (AvgIpc) is 2.03. The van der Waals surface area contributed by atoms with Crippen LogP contribution in [0.5, 0.6) is 0 Å². The summed E-state index contributed by atoms with van der Waals surface area (Å²) in [6.45, 7) is 1.40. The van der Waals surface area contributed by atoms with E-state index in [-0.39, 0.29) is 11.9 Å². The van der Waals surface area contributed by atoms with E-state index in [9.17, 15) is 9.90 Å². The van der Waals surface area contributed by atoms with Crippen molar-refractivity contribution in [3.8, 4) is 0 Å². The summed E-state index contributed by atoms with van der Waals surface area (Å²) in [6, 6.07) is 0. The Bertz CT molecular complexity index is 172. The Morgan fingerprint density at radius 1 is 1.67 bits per heavy atom. The highest BCUT2D eigenvalue weighted by atomic mass is 16.5. The fourth-order valence-corrected chi connectivity index (χ4v) is 1.52. The van der Waals surface area contributed by atoms with E-state index in [2.05, 4.69) is 4.74 Å². The van der Waals surface area contributed by atoms with Crippen LogP contribution in [0.1, 0.15) is 6.42 Å². The molecule has 0 unspecified atom stereocenters. The predicted molar refractivity (Wildman–Crippen MR) is 43.6 cm³/mol.